The molecule has 0 bridgehead atoms. The Labute approximate surface area is 198 Å². The van der Waals surface area contributed by atoms with Crippen LogP contribution in [-0.4, -0.2) is 50.0 Å². The largest absolute Gasteiger partial charge is 0.493 e. The van der Waals surface area contributed by atoms with E-state index in [0.717, 1.165) is 67.8 Å². The Balaban J connectivity index is 1.50. The minimum Gasteiger partial charge on any atom is -0.493 e. The van der Waals surface area contributed by atoms with Crippen molar-refractivity contribution in [3.05, 3.63) is 58.9 Å². The molecule has 0 unspecified atom stereocenters. The van der Waals surface area contributed by atoms with Gasteiger partial charge in [-0.15, -0.1) is 0 Å². The van der Waals surface area contributed by atoms with E-state index < -0.39 is 5.60 Å². The van der Waals surface area contributed by atoms with E-state index in [-0.39, 0.29) is 11.7 Å². The van der Waals surface area contributed by atoms with E-state index in [4.69, 9.17) is 9.47 Å². The van der Waals surface area contributed by atoms with Crippen molar-refractivity contribution in [2.45, 2.75) is 63.9 Å². The summed E-state index contributed by atoms with van der Waals surface area (Å²) in [6.45, 7) is 6.17. The molecule has 0 saturated heterocycles. The molecular formula is C28H40FNO3. The lowest BCUT2D eigenvalue weighted by Gasteiger charge is -2.44. The normalized spacial score (nSPS) is 20.2. The number of aliphatic hydroxyl groups is 1. The molecule has 0 fully saturated rings. The van der Waals surface area contributed by atoms with Gasteiger partial charge in [-0.05, 0) is 99.0 Å². The summed E-state index contributed by atoms with van der Waals surface area (Å²) in [7, 11) is 5.45. The number of hydrogen-bond donors (Lipinski definition) is 1. The van der Waals surface area contributed by atoms with Gasteiger partial charge in [0.15, 0.2) is 11.5 Å². The fraction of sp³-hybridized carbons (Fsp3) is 0.571. The van der Waals surface area contributed by atoms with Crippen molar-refractivity contribution in [3.63, 3.8) is 0 Å². The van der Waals surface area contributed by atoms with Gasteiger partial charge in [-0.3, -0.25) is 0 Å². The van der Waals surface area contributed by atoms with Gasteiger partial charge in [0.25, 0.3) is 0 Å². The van der Waals surface area contributed by atoms with Crippen LogP contribution in [-0.2, 0) is 12.8 Å². The molecule has 0 amide bonds. The first-order chi connectivity index (χ1) is 15.8. The third-order valence-corrected chi connectivity index (χ3v) is 7.14. The van der Waals surface area contributed by atoms with Crippen LogP contribution in [0, 0.1) is 11.7 Å². The van der Waals surface area contributed by atoms with Gasteiger partial charge in [0, 0.05) is 12.5 Å². The molecule has 0 aromatic heterocycles. The minimum absolute atomic E-state index is 0.0419. The van der Waals surface area contributed by atoms with Crippen LogP contribution in [0.1, 0.15) is 62.1 Å². The molecule has 33 heavy (non-hydrogen) atoms. The van der Waals surface area contributed by atoms with Crippen molar-refractivity contribution in [2.75, 3.05) is 34.4 Å². The Morgan fingerprint density at radius 3 is 2.52 bits per heavy atom. The molecule has 5 heteroatoms. The number of halogens is 1. The Kier molecular flexibility index (Phi) is 8.77. The summed E-state index contributed by atoms with van der Waals surface area (Å²) in [5, 5.41) is 11.6. The number of unbranched alkanes of at least 4 members (excludes halogenated alkanes) is 1. The number of benzene rings is 2. The topological polar surface area (TPSA) is 41.9 Å². The Bertz CT molecular complexity index is 916. The molecular weight excluding hydrogens is 417 g/mol. The first-order valence-corrected chi connectivity index (χ1v) is 12.2. The standard InChI is InChI=1S/C28H40FNO3/c1-20(2)27-24-11-10-23(29)19-22(24)13-14-28(27,31)15-17-30(3)16-7-6-8-21-9-12-25(32-4)26(18-21)33-5/h9-12,18-20,27,31H,6-8,13-17H2,1-5H3/t27-,28-/m1/s1. The van der Waals surface area contributed by atoms with Crippen molar-refractivity contribution in [1.82, 2.24) is 4.90 Å². The van der Waals surface area contributed by atoms with E-state index in [1.54, 1.807) is 20.3 Å². The summed E-state index contributed by atoms with van der Waals surface area (Å²) in [5.41, 5.74) is 2.69. The molecule has 2 aromatic rings. The van der Waals surface area contributed by atoms with Crippen molar-refractivity contribution in [1.29, 1.82) is 0 Å². The summed E-state index contributed by atoms with van der Waals surface area (Å²) in [5.74, 6) is 1.69. The summed E-state index contributed by atoms with van der Waals surface area (Å²) in [4.78, 5) is 2.32. The maximum atomic E-state index is 13.7. The molecule has 0 saturated carbocycles. The van der Waals surface area contributed by atoms with Gasteiger partial charge in [0.2, 0.25) is 0 Å². The van der Waals surface area contributed by atoms with E-state index in [0.29, 0.717) is 12.3 Å². The SMILES string of the molecule is COc1ccc(CCCCN(C)CC[C@]2(O)CCc3cc(F)ccc3[C@H]2C(C)C)cc1OC. The highest BCUT2D eigenvalue weighted by atomic mass is 19.1. The predicted molar refractivity (Wildman–Crippen MR) is 132 cm³/mol. The zero-order valence-electron chi connectivity index (χ0n) is 20.9. The van der Waals surface area contributed by atoms with E-state index >= 15 is 0 Å². The maximum Gasteiger partial charge on any atom is 0.160 e. The molecule has 2 aromatic carbocycles. The average molecular weight is 458 g/mol. The first-order valence-electron chi connectivity index (χ1n) is 12.2. The zero-order chi connectivity index (χ0) is 24.0. The van der Waals surface area contributed by atoms with Crippen LogP contribution in [0.4, 0.5) is 4.39 Å². The Morgan fingerprint density at radius 1 is 1.06 bits per heavy atom. The summed E-state index contributed by atoms with van der Waals surface area (Å²) in [6.07, 6.45) is 5.36. The number of hydrogen-bond acceptors (Lipinski definition) is 4. The minimum atomic E-state index is -0.743. The Morgan fingerprint density at radius 2 is 1.82 bits per heavy atom. The smallest absolute Gasteiger partial charge is 0.160 e. The van der Waals surface area contributed by atoms with E-state index in [1.165, 1.54) is 11.6 Å². The van der Waals surface area contributed by atoms with Crippen molar-refractivity contribution >= 4 is 0 Å². The molecule has 182 valence electrons. The maximum absolute atomic E-state index is 13.7. The monoisotopic (exact) mass is 457 g/mol. The lowest BCUT2D eigenvalue weighted by atomic mass is 9.66. The van der Waals surface area contributed by atoms with Crippen molar-refractivity contribution in [2.24, 2.45) is 5.92 Å². The van der Waals surface area contributed by atoms with Gasteiger partial charge in [-0.2, -0.15) is 0 Å². The van der Waals surface area contributed by atoms with Crippen LogP contribution < -0.4 is 9.47 Å². The van der Waals surface area contributed by atoms with Gasteiger partial charge >= 0.3 is 0 Å². The average Bonchev–Trinajstić information content (AvgIpc) is 2.80. The van der Waals surface area contributed by atoms with E-state index in [1.807, 2.05) is 12.1 Å². The highest BCUT2D eigenvalue weighted by Gasteiger charge is 2.43. The summed E-state index contributed by atoms with van der Waals surface area (Å²) < 4.78 is 24.4. The van der Waals surface area contributed by atoms with Gasteiger partial charge < -0.3 is 19.5 Å². The van der Waals surface area contributed by atoms with Gasteiger partial charge in [-0.1, -0.05) is 26.0 Å². The van der Waals surface area contributed by atoms with Crippen molar-refractivity contribution < 1.29 is 19.0 Å². The van der Waals surface area contributed by atoms with E-state index in [9.17, 15) is 9.50 Å². The lowest BCUT2D eigenvalue weighted by molar-refractivity contribution is -0.0301. The van der Waals surface area contributed by atoms with Crippen molar-refractivity contribution in [3.8, 4) is 11.5 Å². The molecule has 0 spiro atoms. The molecule has 0 aliphatic heterocycles. The fourth-order valence-electron chi connectivity index (χ4n) is 5.39. The van der Waals surface area contributed by atoms with Crippen LogP contribution in [0.25, 0.3) is 0 Å². The second-order valence-corrected chi connectivity index (χ2v) is 9.87. The molecule has 2 atom stereocenters. The zero-order valence-corrected chi connectivity index (χ0v) is 20.9. The number of fused-ring (bicyclic) bond motifs is 1. The predicted octanol–water partition coefficient (Wildman–Crippen LogP) is 5.60. The first kappa shape index (κ1) is 25.5. The molecule has 1 aliphatic rings. The van der Waals surface area contributed by atoms with Crippen LogP contribution in [0.3, 0.4) is 0 Å². The fourth-order valence-corrected chi connectivity index (χ4v) is 5.39. The highest BCUT2D eigenvalue weighted by molar-refractivity contribution is 5.43. The second kappa shape index (κ2) is 11.3. The third kappa shape index (κ3) is 6.27. The van der Waals surface area contributed by atoms with Crippen LogP contribution in [0.2, 0.25) is 0 Å². The molecule has 4 nitrogen and oxygen atoms in total. The van der Waals surface area contributed by atoms with Crippen LogP contribution >= 0.6 is 0 Å². The van der Waals surface area contributed by atoms with Crippen LogP contribution in [0.5, 0.6) is 11.5 Å². The van der Waals surface area contributed by atoms with Gasteiger partial charge in [-0.25, -0.2) is 4.39 Å². The number of methoxy groups -OCH3 is 2. The number of rotatable bonds is 11. The summed E-state index contributed by atoms with van der Waals surface area (Å²) >= 11 is 0. The lowest BCUT2D eigenvalue weighted by Crippen LogP contribution is -2.45. The molecule has 3 rings (SSSR count). The van der Waals surface area contributed by atoms with E-state index in [2.05, 4.69) is 37.9 Å². The second-order valence-electron chi connectivity index (χ2n) is 9.87. The van der Waals surface area contributed by atoms with Gasteiger partial charge in [0.05, 0.1) is 19.8 Å². The Hall–Kier alpha value is -2.11. The number of aryl methyl sites for hydroxylation is 2. The quantitative estimate of drug-likeness (QED) is 0.446. The molecule has 0 radical (unpaired) electrons. The highest BCUT2D eigenvalue weighted by Crippen LogP contribution is 2.45. The summed E-state index contributed by atoms with van der Waals surface area (Å²) in [6, 6.07) is 11.2. The number of ether oxygens (including phenoxy) is 2. The third-order valence-electron chi connectivity index (χ3n) is 7.14. The molecule has 0 heterocycles. The number of nitrogens with zero attached hydrogens (tertiary/aromatic N) is 1. The molecule has 1 N–H and O–H groups in total. The molecule has 1 aliphatic carbocycles. The van der Waals surface area contributed by atoms with Crippen LogP contribution in [0.15, 0.2) is 36.4 Å². The van der Waals surface area contributed by atoms with Gasteiger partial charge in [0.1, 0.15) is 5.82 Å².